The summed E-state index contributed by atoms with van der Waals surface area (Å²) in [6, 6.07) is 12.1. The molecule has 4 rings (SSSR count). The monoisotopic (exact) mass is 440 g/mol. The van der Waals surface area contributed by atoms with Crippen molar-refractivity contribution in [1.29, 1.82) is 0 Å². The van der Waals surface area contributed by atoms with Crippen LogP contribution in [0.1, 0.15) is 19.8 Å². The number of hydrogen-bond acceptors (Lipinski definition) is 6. The van der Waals surface area contributed by atoms with E-state index >= 15 is 0 Å². The van der Waals surface area contributed by atoms with E-state index in [9.17, 15) is 14.9 Å². The summed E-state index contributed by atoms with van der Waals surface area (Å²) < 4.78 is 7.42. The second-order valence-corrected chi connectivity index (χ2v) is 8.63. The van der Waals surface area contributed by atoms with Gasteiger partial charge in [0.2, 0.25) is 5.91 Å². The molecule has 0 bridgehead atoms. The number of likely N-dealkylation sites (tertiary alicyclic amines) is 1. The Balaban J connectivity index is 1.69. The van der Waals surface area contributed by atoms with Crippen LogP contribution >= 0.6 is 11.8 Å². The molecule has 8 nitrogen and oxygen atoms in total. The van der Waals surface area contributed by atoms with Gasteiger partial charge in [-0.3, -0.25) is 19.5 Å². The second-order valence-electron chi connectivity index (χ2n) is 7.68. The van der Waals surface area contributed by atoms with Gasteiger partial charge in [-0.25, -0.2) is 4.98 Å². The van der Waals surface area contributed by atoms with Crippen molar-refractivity contribution < 1.29 is 14.5 Å². The molecule has 3 aromatic rings. The van der Waals surface area contributed by atoms with Gasteiger partial charge in [-0.1, -0.05) is 30.8 Å². The van der Waals surface area contributed by atoms with Crippen molar-refractivity contribution in [3.8, 4) is 11.4 Å². The first-order chi connectivity index (χ1) is 15.0. The number of rotatable bonds is 6. The fourth-order valence-electron chi connectivity index (χ4n) is 3.78. The summed E-state index contributed by atoms with van der Waals surface area (Å²) in [6.45, 7) is 3.79. The number of amides is 1. The number of imidazole rings is 1. The van der Waals surface area contributed by atoms with Gasteiger partial charge in [0.1, 0.15) is 5.75 Å². The Morgan fingerprint density at radius 1 is 1.26 bits per heavy atom. The molecule has 0 atom stereocenters. The number of carbonyl (C=O) groups excluding carboxylic acids is 1. The first kappa shape index (κ1) is 21.2. The van der Waals surface area contributed by atoms with Crippen molar-refractivity contribution >= 4 is 34.4 Å². The molecule has 1 aromatic heterocycles. The van der Waals surface area contributed by atoms with E-state index in [0.29, 0.717) is 22.3 Å². The lowest BCUT2D eigenvalue weighted by molar-refractivity contribution is -0.384. The molecule has 2 aromatic carbocycles. The molecule has 0 saturated carbocycles. The number of piperidine rings is 1. The topological polar surface area (TPSA) is 90.5 Å². The number of fused-ring (bicyclic) bond motifs is 1. The number of benzene rings is 2. The fourth-order valence-corrected chi connectivity index (χ4v) is 4.70. The standard InChI is InChI=1S/C22H24N4O4S/c1-15-9-11-24(12-10-15)21(27)14-31-22-23-17-13-16(26(28)29)7-8-18(17)25(22)19-5-3-4-6-20(19)30-2/h3-8,13,15H,9-12,14H2,1-2H3. The Morgan fingerprint density at radius 2 is 2.00 bits per heavy atom. The number of methoxy groups -OCH3 is 1. The predicted molar refractivity (Wildman–Crippen MR) is 120 cm³/mol. The van der Waals surface area contributed by atoms with Gasteiger partial charge < -0.3 is 9.64 Å². The molecule has 1 saturated heterocycles. The molecule has 2 heterocycles. The number of nitro groups is 1. The van der Waals surface area contributed by atoms with Crippen molar-refractivity contribution in [2.75, 3.05) is 26.0 Å². The summed E-state index contributed by atoms with van der Waals surface area (Å²) >= 11 is 1.34. The van der Waals surface area contributed by atoms with E-state index in [1.165, 1.54) is 23.9 Å². The molecule has 1 amide bonds. The number of nitrogens with zero attached hydrogens (tertiary/aromatic N) is 4. The highest BCUT2D eigenvalue weighted by Gasteiger charge is 2.23. The Morgan fingerprint density at radius 3 is 2.71 bits per heavy atom. The number of aromatic nitrogens is 2. The molecule has 1 aliphatic rings. The number of thioether (sulfide) groups is 1. The molecule has 0 radical (unpaired) electrons. The minimum atomic E-state index is -0.435. The zero-order valence-electron chi connectivity index (χ0n) is 17.5. The lowest BCUT2D eigenvalue weighted by atomic mass is 9.99. The van der Waals surface area contributed by atoms with Gasteiger partial charge in [0.15, 0.2) is 5.16 Å². The van der Waals surface area contributed by atoms with Gasteiger partial charge in [-0.05, 0) is 37.0 Å². The maximum Gasteiger partial charge on any atom is 0.271 e. The Labute approximate surface area is 184 Å². The lowest BCUT2D eigenvalue weighted by Gasteiger charge is -2.30. The van der Waals surface area contributed by atoms with Crippen molar-refractivity contribution in [3.05, 3.63) is 52.6 Å². The molecule has 1 fully saturated rings. The van der Waals surface area contributed by atoms with Gasteiger partial charge in [0.05, 0.1) is 34.5 Å². The van der Waals surface area contributed by atoms with Gasteiger partial charge >= 0.3 is 0 Å². The smallest absolute Gasteiger partial charge is 0.271 e. The van der Waals surface area contributed by atoms with Crippen molar-refractivity contribution in [2.24, 2.45) is 5.92 Å². The van der Waals surface area contributed by atoms with Crippen molar-refractivity contribution in [1.82, 2.24) is 14.5 Å². The van der Waals surface area contributed by atoms with Crippen LogP contribution in [0.2, 0.25) is 0 Å². The van der Waals surface area contributed by atoms with Gasteiger partial charge in [-0.15, -0.1) is 0 Å². The van der Waals surface area contributed by atoms with E-state index in [1.54, 1.807) is 13.2 Å². The predicted octanol–water partition coefficient (Wildman–Crippen LogP) is 4.29. The molecule has 0 spiro atoms. The number of para-hydroxylation sites is 2. The van der Waals surface area contributed by atoms with Crippen LogP contribution in [0.25, 0.3) is 16.7 Å². The molecule has 162 valence electrons. The van der Waals surface area contributed by atoms with Crippen molar-refractivity contribution in [2.45, 2.75) is 24.9 Å². The normalized spacial score (nSPS) is 14.7. The van der Waals surface area contributed by atoms with Gasteiger partial charge in [-0.2, -0.15) is 0 Å². The van der Waals surface area contributed by atoms with Crippen LogP contribution < -0.4 is 4.74 Å². The van der Waals surface area contributed by atoms with Crippen molar-refractivity contribution in [3.63, 3.8) is 0 Å². The second kappa shape index (κ2) is 8.97. The summed E-state index contributed by atoms with van der Waals surface area (Å²) in [5, 5.41) is 11.8. The van der Waals surface area contributed by atoms with E-state index in [2.05, 4.69) is 11.9 Å². The highest BCUT2D eigenvalue weighted by Crippen LogP contribution is 2.34. The highest BCUT2D eigenvalue weighted by molar-refractivity contribution is 7.99. The molecule has 0 unspecified atom stereocenters. The number of carbonyl (C=O) groups is 1. The third kappa shape index (κ3) is 4.36. The van der Waals surface area contributed by atoms with Crippen LogP contribution in [0.15, 0.2) is 47.6 Å². The number of non-ortho nitro benzene ring substituents is 1. The number of nitro benzene ring substituents is 1. The lowest BCUT2D eigenvalue weighted by Crippen LogP contribution is -2.38. The summed E-state index contributed by atoms with van der Waals surface area (Å²) in [6.07, 6.45) is 2.06. The largest absolute Gasteiger partial charge is 0.495 e. The van der Waals surface area contributed by atoms with Crippen LogP contribution in [0.4, 0.5) is 5.69 Å². The molecular formula is C22H24N4O4S. The van der Waals surface area contributed by atoms with E-state index in [4.69, 9.17) is 4.74 Å². The minimum absolute atomic E-state index is 0.0211. The SMILES string of the molecule is COc1ccccc1-n1c(SCC(=O)N2CCC(C)CC2)nc2cc([N+](=O)[O-])ccc21. The maximum atomic E-state index is 12.8. The molecule has 1 aliphatic heterocycles. The Bertz CT molecular complexity index is 1120. The van der Waals surface area contributed by atoms with E-state index in [1.807, 2.05) is 33.7 Å². The third-order valence-corrected chi connectivity index (χ3v) is 6.53. The van der Waals surface area contributed by atoms with E-state index < -0.39 is 4.92 Å². The highest BCUT2D eigenvalue weighted by atomic mass is 32.2. The van der Waals surface area contributed by atoms with E-state index in [-0.39, 0.29) is 17.3 Å². The average Bonchev–Trinajstić information content (AvgIpc) is 3.15. The average molecular weight is 441 g/mol. The zero-order chi connectivity index (χ0) is 22.0. The van der Waals surface area contributed by atoms with Crippen LogP contribution in [-0.2, 0) is 4.79 Å². The number of ether oxygens (including phenoxy) is 1. The zero-order valence-corrected chi connectivity index (χ0v) is 18.3. The van der Waals surface area contributed by atoms with Crippen LogP contribution in [0, 0.1) is 16.0 Å². The molecule has 9 heteroatoms. The van der Waals surface area contributed by atoms with Crippen LogP contribution in [0.3, 0.4) is 0 Å². The molecule has 0 aliphatic carbocycles. The Kier molecular flexibility index (Phi) is 6.13. The van der Waals surface area contributed by atoms with E-state index in [0.717, 1.165) is 37.1 Å². The summed E-state index contributed by atoms with van der Waals surface area (Å²) in [5.41, 5.74) is 1.97. The molecule has 0 N–H and O–H groups in total. The summed E-state index contributed by atoms with van der Waals surface area (Å²) in [4.78, 5) is 30.1. The summed E-state index contributed by atoms with van der Waals surface area (Å²) in [5.74, 6) is 1.65. The minimum Gasteiger partial charge on any atom is -0.495 e. The maximum absolute atomic E-state index is 12.8. The van der Waals surface area contributed by atoms with Crippen LogP contribution in [-0.4, -0.2) is 51.2 Å². The third-order valence-electron chi connectivity index (χ3n) is 5.61. The Hall–Kier alpha value is -3.07. The van der Waals surface area contributed by atoms with Crippen LogP contribution in [0.5, 0.6) is 5.75 Å². The first-order valence-electron chi connectivity index (χ1n) is 10.2. The first-order valence-corrected chi connectivity index (χ1v) is 11.2. The fraction of sp³-hybridized carbons (Fsp3) is 0.364. The van der Waals surface area contributed by atoms with Gasteiger partial charge in [0, 0.05) is 25.2 Å². The molecular weight excluding hydrogens is 416 g/mol. The molecule has 31 heavy (non-hydrogen) atoms. The summed E-state index contributed by atoms with van der Waals surface area (Å²) in [7, 11) is 1.59. The van der Waals surface area contributed by atoms with Gasteiger partial charge in [0.25, 0.3) is 5.69 Å². The number of hydrogen-bond donors (Lipinski definition) is 0. The quantitative estimate of drug-likeness (QED) is 0.323.